The number of hydrogen-bond donors (Lipinski definition) is 3. The van der Waals surface area contributed by atoms with Crippen LogP contribution in [0, 0.1) is 0 Å². The van der Waals surface area contributed by atoms with Gasteiger partial charge in [0.2, 0.25) is 0 Å². The molecule has 2 aromatic rings. The van der Waals surface area contributed by atoms with E-state index in [-0.39, 0.29) is 12.0 Å². The minimum absolute atomic E-state index is 0.0696. The van der Waals surface area contributed by atoms with Crippen LogP contribution in [0.15, 0.2) is 53.5 Å². The number of fused-ring (bicyclic) bond motifs is 1. The zero-order chi connectivity index (χ0) is 19.1. The normalized spacial score (nSPS) is 15.6. The average Bonchev–Trinajstić information content (AvgIpc) is 3.13. The summed E-state index contributed by atoms with van der Waals surface area (Å²) < 4.78 is 5.94. The van der Waals surface area contributed by atoms with Crippen LogP contribution in [0.1, 0.15) is 21.5 Å². The van der Waals surface area contributed by atoms with Crippen LogP contribution in [0.25, 0.3) is 0 Å². The van der Waals surface area contributed by atoms with Gasteiger partial charge in [-0.05, 0) is 35.7 Å². The van der Waals surface area contributed by atoms with Crippen LogP contribution in [-0.4, -0.2) is 45.2 Å². The zero-order valence-corrected chi connectivity index (χ0v) is 15.8. The van der Waals surface area contributed by atoms with Crippen molar-refractivity contribution in [2.45, 2.75) is 18.9 Å². The highest BCUT2D eigenvalue weighted by Crippen LogP contribution is 2.27. The molecule has 1 aliphatic heterocycles. The van der Waals surface area contributed by atoms with Gasteiger partial charge in [0.25, 0.3) is 5.91 Å². The van der Waals surface area contributed by atoms with Crippen molar-refractivity contribution in [2.75, 3.05) is 27.2 Å². The molecule has 0 radical (unpaired) electrons. The molecule has 3 rings (SSSR count). The molecule has 1 amide bonds. The number of hydrogen-bond acceptors (Lipinski definition) is 3. The van der Waals surface area contributed by atoms with Crippen molar-refractivity contribution in [3.63, 3.8) is 0 Å². The van der Waals surface area contributed by atoms with Crippen molar-refractivity contribution in [1.82, 2.24) is 16.0 Å². The number of para-hydroxylation sites is 1. The number of amides is 1. The Hall–Kier alpha value is -3.02. The van der Waals surface area contributed by atoms with Gasteiger partial charge in [0, 0.05) is 32.6 Å². The fraction of sp³-hybridized carbons (Fsp3) is 0.333. The van der Waals surface area contributed by atoms with E-state index in [4.69, 9.17) is 4.74 Å². The van der Waals surface area contributed by atoms with E-state index in [1.165, 1.54) is 5.56 Å². The van der Waals surface area contributed by atoms with E-state index in [1.807, 2.05) is 42.5 Å². The highest BCUT2D eigenvalue weighted by molar-refractivity contribution is 5.94. The molecule has 3 N–H and O–H groups in total. The Morgan fingerprint density at radius 3 is 2.81 bits per heavy atom. The molecule has 6 heteroatoms. The molecule has 6 nitrogen and oxygen atoms in total. The molecule has 0 aliphatic carbocycles. The number of carbonyl (C=O) groups excluding carboxylic acids is 1. The van der Waals surface area contributed by atoms with E-state index in [2.05, 4.69) is 27.0 Å². The first-order valence-electron chi connectivity index (χ1n) is 9.19. The Morgan fingerprint density at radius 2 is 2.04 bits per heavy atom. The summed E-state index contributed by atoms with van der Waals surface area (Å²) in [5, 5.41) is 9.28. The molecular formula is C21H26N4O2. The number of ether oxygens (including phenoxy) is 1. The zero-order valence-electron chi connectivity index (χ0n) is 15.8. The number of aliphatic imine (C=N–C) groups is 1. The molecule has 1 aliphatic rings. The molecule has 142 valence electrons. The maximum atomic E-state index is 11.7. The largest absolute Gasteiger partial charge is 0.488 e. The van der Waals surface area contributed by atoms with Gasteiger partial charge in [-0.25, -0.2) is 0 Å². The van der Waals surface area contributed by atoms with Crippen molar-refractivity contribution in [3.05, 3.63) is 65.2 Å². The quantitative estimate of drug-likeness (QED) is 0.538. The summed E-state index contributed by atoms with van der Waals surface area (Å²) >= 11 is 0. The van der Waals surface area contributed by atoms with Crippen molar-refractivity contribution < 1.29 is 9.53 Å². The standard InChI is InChI=1S/C21H26N4O2/c1-22-20(26)17-8-5-6-15(12-17)10-11-24-21(23-2)25-14-18-13-16-7-3-4-9-19(16)27-18/h3-9,12,18H,10-11,13-14H2,1-2H3,(H,22,26)(H2,23,24,25). The van der Waals surface area contributed by atoms with Crippen LogP contribution in [-0.2, 0) is 12.8 Å². The maximum absolute atomic E-state index is 11.7. The van der Waals surface area contributed by atoms with E-state index in [0.29, 0.717) is 12.1 Å². The second-order valence-corrected chi connectivity index (χ2v) is 6.46. The fourth-order valence-corrected chi connectivity index (χ4v) is 3.14. The van der Waals surface area contributed by atoms with Gasteiger partial charge in [-0.3, -0.25) is 9.79 Å². The predicted molar refractivity (Wildman–Crippen MR) is 107 cm³/mol. The molecule has 0 saturated carbocycles. The highest BCUT2D eigenvalue weighted by Gasteiger charge is 2.22. The van der Waals surface area contributed by atoms with Gasteiger partial charge in [0.15, 0.2) is 5.96 Å². The van der Waals surface area contributed by atoms with Gasteiger partial charge >= 0.3 is 0 Å². The van der Waals surface area contributed by atoms with Gasteiger partial charge in [0.1, 0.15) is 11.9 Å². The molecule has 0 fully saturated rings. The molecule has 0 aromatic heterocycles. The van der Waals surface area contributed by atoms with E-state index in [0.717, 1.165) is 36.7 Å². The van der Waals surface area contributed by atoms with Crippen LogP contribution in [0.5, 0.6) is 5.75 Å². The number of rotatable bonds is 6. The molecule has 0 bridgehead atoms. The predicted octanol–water partition coefficient (Wildman–Crippen LogP) is 1.76. The number of carbonyl (C=O) groups is 1. The Kier molecular flexibility index (Phi) is 6.30. The number of benzene rings is 2. The van der Waals surface area contributed by atoms with E-state index in [9.17, 15) is 4.79 Å². The Morgan fingerprint density at radius 1 is 1.19 bits per heavy atom. The van der Waals surface area contributed by atoms with E-state index < -0.39 is 0 Å². The summed E-state index contributed by atoms with van der Waals surface area (Å²) in [6.45, 7) is 1.42. The summed E-state index contributed by atoms with van der Waals surface area (Å²) in [6, 6.07) is 15.8. The van der Waals surface area contributed by atoms with Crippen LogP contribution >= 0.6 is 0 Å². The van der Waals surface area contributed by atoms with Crippen LogP contribution < -0.4 is 20.7 Å². The van der Waals surface area contributed by atoms with Crippen molar-refractivity contribution in [2.24, 2.45) is 4.99 Å². The third-order valence-corrected chi connectivity index (χ3v) is 4.56. The lowest BCUT2D eigenvalue weighted by atomic mass is 10.1. The topological polar surface area (TPSA) is 74.8 Å². The Labute approximate surface area is 160 Å². The smallest absolute Gasteiger partial charge is 0.251 e. The second-order valence-electron chi connectivity index (χ2n) is 6.46. The van der Waals surface area contributed by atoms with Crippen molar-refractivity contribution in [1.29, 1.82) is 0 Å². The summed E-state index contributed by atoms with van der Waals surface area (Å²) in [5.74, 6) is 1.65. The first-order valence-corrected chi connectivity index (χ1v) is 9.19. The van der Waals surface area contributed by atoms with Crippen LogP contribution in [0.2, 0.25) is 0 Å². The lowest BCUT2D eigenvalue weighted by molar-refractivity contribution is 0.0963. The van der Waals surface area contributed by atoms with Crippen LogP contribution in [0.4, 0.5) is 0 Å². The average molecular weight is 366 g/mol. The molecule has 27 heavy (non-hydrogen) atoms. The lowest BCUT2D eigenvalue weighted by Crippen LogP contribution is -2.42. The molecule has 0 saturated heterocycles. The third kappa shape index (κ3) is 5.00. The van der Waals surface area contributed by atoms with Crippen LogP contribution in [0.3, 0.4) is 0 Å². The monoisotopic (exact) mass is 366 g/mol. The van der Waals surface area contributed by atoms with E-state index >= 15 is 0 Å². The number of guanidine groups is 1. The number of nitrogens with zero attached hydrogens (tertiary/aromatic N) is 1. The first-order chi connectivity index (χ1) is 13.2. The third-order valence-electron chi connectivity index (χ3n) is 4.56. The minimum Gasteiger partial charge on any atom is -0.488 e. The van der Waals surface area contributed by atoms with Gasteiger partial charge in [0.05, 0.1) is 6.54 Å². The lowest BCUT2D eigenvalue weighted by Gasteiger charge is -2.15. The van der Waals surface area contributed by atoms with Crippen molar-refractivity contribution >= 4 is 11.9 Å². The van der Waals surface area contributed by atoms with Gasteiger partial charge in [-0.15, -0.1) is 0 Å². The first kappa shape index (κ1) is 18.8. The minimum atomic E-state index is -0.0696. The molecule has 1 heterocycles. The summed E-state index contributed by atoms with van der Waals surface area (Å²) in [5.41, 5.74) is 3.03. The van der Waals surface area contributed by atoms with Gasteiger partial charge in [-0.1, -0.05) is 30.3 Å². The fourth-order valence-electron chi connectivity index (χ4n) is 3.14. The number of nitrogens with one attached hydrogen (secondary N) is 3. The molecule has 1 unspecified atom stereocenters. The Balaban J connectivity index is 1.43. The summed E-state index contributed by atoms with van der Waals surface area (Å²) in [7, 11) is 3.39. The van der Waals surface area contributed by atoms with E-state index in [1.54, 1.807) is 14.1 Å². The highest BCUT2D eigenvalue weighted by atomic mass is 16.5. The summed E-state index contributed by atoms with van der Waals surface area (Å²) in [4.78, 5) is 16.0. The molecule has 1 atom stereocenters. The second kappa shape index (κ2) is 9.07. The molecule has 2 aromatic carbocycles. The summed E-state index contributed by atoms with van der Waals surface area (Å²) in [6.07, 6.45) is 1.83. The Bertz CT molecular complexity index is 794. The molecular weight excluding hydrogens is 340 g/mol. The van der Waals surface area contributed by atoms with Gasteiger partial charge < -0.3 is 20.7 Å². The molecule has 0 spiro atoms. The van der Waals surface area contributed by atoms with Crippen molar-refractivity contribution in [3.8, 4) is 5.75 Å². The van der Waals surface area contributed by atoms with Gasteiger partial charge in [-0.2, -0.15) is 0 Å². The SMILES string of the molecule is CN=C(NCCc1cccc(C(=O)NC)c1)NCC1Cc2ccccc2O1. The maximum Gasteiger partial charge on any atom is 0.251 e.